The highest BCUT2D eigenvalue weighted by Gasteiger charge is 2.26. The maximum Gasteiger partial charge on any atom is 0.252 e. The number of anilines is 1. The molecule has 1 atom stereocenters. The number of hydrogen-bond acceptors (Lipinski definition) is 4. The number of aryl methyl sites for hydroxylation is 2. The molecule has 0 saturated heterocycles. The number of hydrogen-bond donors (Lipinski definition) is 2. The van der Waals surface area contributed by atoms with E-state index in [1.54, 1.807) is 18.2 Å². The highest BCUT2D eigenvalue weighted by atomic mass is 19.1. The predicted molar refractivity (Wildman–Crippen MR) is 129 cm³/mol. The molecule has 2 heterocycles. The van der Waals surface area contributed by atoms with Crippen molar-refractivity contribution in [3.05, 3.63) is 65.2 Å². The van der Waals surface area contributed by atoms with Crippen molar-refractivity contribution in [2.75, 3.05) is 5.32 Å². The van der Waals surface area contributed by atoms with Crippen LogP contribution in [0, 0.1) is 18.7 Å². The van der Waals surface area contributed by atoms with Crippen LogP contribution in [0.15, 0.2) is 42.5 Å². The molecule has 8 heteroatoms. The summed E-state index contributed by atoms with van der Waals surface area (Å²) in [6.45, 7) is 6.33. The van der Waals surface area contributed by atoms with E-state index < -0.39 is 11.9 Å². The van der Waals surface area contributed by atoms with Crippen molar-refractivity contribution < 1.29 is 14.0 Å². The molecule has 2 N–H and O–H groups in total. The van der Waals surface area contributed by atoms with Crippen molar-refractivity contribution >= 4 is 17.5 Å². The molecule has 0 radical (unpaired) electrons. The second kappa shape index (κ2) is 10.2. The SMILES string of the molecule is Cc1ccccc1C(=O)NC(C(=O)Nc1ccc(F)c(-c2nnc3n2CCCCC3)c1)C(C)C. The Labute approximate surface area is 198 Å². The topological polar surface area (TPSA) is 88.9 Å². The van der Waals surface area contributed by atoms with Gasteiger partial charge in [0.1, 0.15) is 17.7 Å². The molecule has 178 valence electrons. The summed E-state index contributed by atoms with van der Waals surface area (Å²) in [4.78, 5) is 25.9. The predicted octanol–water partition coefficient (Wildman–Crippen LogP) is 4.51. The van der Waals surface area contributed by atoms with Gasteiger partial charge < -0.3 is 15.2 Å². The van der Waals surface area contributed by atoms with E-state index in [-0.39, 0.29) is 17.7 Å². The molecule has 7 nitrogen and oxygen atoms in total. The van der Waals surface area contributed by atoms with Gasteiger partial charge in [0, 0.05) is 24.2 Å². The average Bonchev–Trinajstić information content (AvgIpc) is 3.06. The summed E-state index contributed by atoms with van der Waals surface area (Å²) >= 11 is 0. The fraction of sp³-hybridized carbons (Fsp3) is 0.385. The number of aromatic nitrogens is 3. The van der Waals surface area contributed by atoms with Gasteiger partial charge in [-0.2, -0.15) is 0 Å². The molecule has 1 aromatic heterocycles. The smallest absolute Gasteiger partial charge is 0.252 e. The third-order valence-electron chi connectivity index (χ3n) is 6.21. The molecule has 2 amide bonds. The Morgan fingerprint density at radius 3 is 2.62 bits per heavy atom. The minimum atomic E-state index is -0.759. The summed E-state index contributed by atoms with van der Waals surface area (Å²) < 4.78 is 16.7. The van der Waals surface area contributed by atoms with Gasteiger partial charge in [-0.05, 0) is 55.5 Å². The van der Waals surface area contributed by atoms with Gasteiger partial charge in [0.2, 0.25) is 5.91 Å². The van der Waals surface area contributed by atoms with E-state index in [9.17, 15) is 14.0 Å². The molecule has 1 aliphatic heterocycles. The number of carbonyl (C=O) groups excluding carboxylic acids is 2. The van der Waals surface area contributed by atoms with Crippen molar-refractivity contribution in [2.45, 2.75) is 59.0 Å². The van der Waals surface area contributed by atoms with Crippen LogP contribution >= 0.6 is 0 Å². The minimum Gasteiger partial charge on any atom is -0.340 e. The Morgan fingerprint density at radius 2 is 1.85 bits per heavy atom. The van der Waals surface area contributed by atoms with E-state index in [0.29, 0.717) is 22.6 Å². The maximum absolute atomic E-state index is 14.8. The van der Waals surface area contributed by atoms with E-state index in [2.05, 4.69) is 20.8 Å². The van der Waals surface area contributed by atoms with Crippen LogP contribution in [-0.2, 0) is 17.8 Å². The molecule has 0 fully saturated rings. The average molecular weight is 464 g/mol. The lowest BCUT2D eigenvalue weighted by molar-refractivity contribution is -0.118. The molecule has 0 spiro atoms. The zero-order valence-corrected chi connectivity index (χ0v) is 19.8. The van der Waals surface area contributed by atoms with Gasteiger partial charge in [0.25, 0.3) is 5.91 Å². The molecule has 4 rings (SSSR count). The van der Waals surface area contributed by atoms with E-state index in [4.69, 9.17) is 0 Å². The van der Waals surface area contributed by atoms with Gasteiger partial charge in [-0.1, -0.05) is 38.5 Å². The third-order valence-corrected chi connectivity index (χ3v) is 6.21. The van der Waals surface area contributed by atoms with Crippen molar-refractivity contribution in [1.82, 2.24) is 20.1 Å². The first-order valence-corrected chi connectivity index (χ1v) is 11.7. The molecular formula is C26H30FN5O2. The number of nitrogens with zero attached hydrogens (tertiary/aromatic N) is 3. The number of rotatable bonds is 6. The lowest BCUT2D eigenvalue weighted by atomic mass is 10.0. The van der Waals surface area contributed by atoms with Crippen LogP contribution in [0.1, 0.15) is 54.9 Å². The molecule has 0 aliphatic carbocycles. The van der Waals surface area contributed by atoms with Gasteiger partial charge in [-0.3, -0.25) is 9.59 Å². The molecule has 0 bridgehead atoms. The monoisotopic (exact) mass is 463 g/mol. The summed E-state index contributed by atoms with van der Waals surface area (Å²) in [6.07, 6.45) is 3.96. The van der Waals surface area contributed by atoms with Crippen LogP contribution in [0.4, 0.5) is 10.1 Å². The van der Waals surface area contributed by atoms with Gasteiger partial charge in [-0.25, -0.2) is 4.39 Å². The largest absolute Gasteiger partial charge is 0.340 e. The van der Waals surface area contributed by atoms with Crippen LogP contribution in [-0.4, -0.2) is 32.6 Å². The second-order valence-corrected chi connectivity index (χ2v) is 9.10. The number of fused-ring (bicyclic) bond motifs is 1. The lowest BCUT2D eigenvalue weighted by Crippen LogP contribution is -2.47. The van der Waals surface area contributed by atoms with E-state index in [1.165, 1.54) is 12.1 Å². The molecule has 0 saturated carbocycles. The molecular weight excluding hydrogens is 433 g/mol. The van der Waals surface area contributed by atoms with Crippen LogP contribution in [0.25, 0.3) is 11.4 Å². The number of halogens is 1. The number of benzene rings is 2. The first-order valence-electron chi connectivity index (χ1n) is 11.7. The Bertz CT molecular complexity index is 1200. The quantitative estimate of drug-likeness (QED) is 0.563. The van der Waals surface area contributed by atoms with Crippen LogP contribution < -0.4 is 10.6 Å². The zero-order valence-electron chi connectivity index (χ0n) is 19.8. The maximum atomic E-state index is 14.8. The number of amides is 2. The number of nitrogens with one attached hydrogen (secondary N) is 2. The summed E-state index contributed by atoms with van der Waals surface area (Å²) in [6, 6.07) is 10.9. The second-order valence-electron chi connectivity index (χ2n) is 9.10. The van der Waals surface area contributed by atoms with E-state index >= 15 is 0 Å². The Kier molecular flexibility index (Phi) is 7.05. The molecule has 2 aromatic carbocycles. The first-order chi connectivity index (χ1) is 16.3. The standard InChI is InChI=1S/C26H30FN5O2/c1-16(2)23(29-25(33)19-10-7-6-9-17(19)3)26(34)28-18-12-13-21(27)20(15-18)24-31-30-22-11-5-4-8-14-32(22)24/h6-7,9-10,12-13,15-16,23H,4-5,8,11,14H2,1-3H3,(H,28,34)(H,29,33). The van der Waals surface area contributed by atoms with Crippen molar-refractivity contribution in [3.8, 4) is 11.4 Å². The molecule has 34 heavy (non-hydrogen) atoms. The highest BCUT2D eigenvalue weighted by Crippen LogP contribution is 2.27. The summed E-state index contributed by atoms with van der Waals surface area (Å²) in [7, 11) is 0. The van der Waals surface area contributed by atoms with Crippen molar-refractivity contribution in [2.24, 2.45) is 5.92 Å². The van der Waals surface area contributed by atoms with Crippen LogP contribution in [0.2, 0.25) is 0 Å². The Morgan fingerprint density at radius 1 is 1.06 bits per heavy atom. The Hall–Kier alpha value is -3.55. The summed E-state index contributed by atoms with van der Waals surface area (Å²) in [5.74, 6) is 0.0808. The highest BCUT2D eigenvalue weighted by molar-refractivity contribution is 6.02. The summed E-state index contributed by atoms with van der Waals surface area (Å²) in [5.41, 5.74) is 2.09. The third kappa shape index (κ3) is 5.00. The van der Waals surface area contributed by atoms with Crippen molar-refractivity contribution in [1.29, 1.82) is 0 Å². The number of carbonyl (C=O) groups is 2. The van der Waals surface area contributed by atoms with Gasteiger partial charge in [0.15, 0.2) is 5.82 Å². The Balaban J connectivity index is 1.55. The molecule has 3 aromatic rings. The van der Waals surface area contributed by atoms with Gasteiger partial charge in [0.05, 0.1) is 5.56 Å². The zero-order chi connectivity index (χ0) is 24.2. The lowest BCUT2D eigenvalue weighted by Gasteiger charge is -2.22. The van der Waals surface area contributed by atoms with Crippen molar-refractivity contribution in [3.63, 3.8) is 0 Å². The fourth-order valence-electron chi connectivity index (χ4n) is 4.26. The van der Waals surface area contributed by atoms with E-state index in [0.717, 1.165) is 43.6 Å². The molecule has 1 unspecified atom stereocenters. The first kappa shape index (κ1) is 23.6. The van der Waals surface area contributed by atoms with Crippen LogP contribution in [0.5, 0.6) is 0 Å². The van der Waals surface area contributed by atoms with Gasteiger partial charge in [-0.15, -0.1) is 10.2 Å². The van der Waals surface area contributed by atoms with Gasteiger partial charge >= 0.3 is 0 Å². The van der Waals surface area contributed by atoms with Crippen LogP contribution in [0.3, 0.4) is 0 Å². The normalized spacial score (nSPS) is 14.3. The molecule has 1 aliphatic rings. The van der Waals surface area contributed by atoms with E-state index in [1.807, 2.05) is 37.5 Å². The summed E-state index contributed by atoms with van der Waals surface area (Å²) in [5, 5.41) is 14.2. The fourth-order valence-corrected chi connectivity index (χ4v) is 4.26. The minimum absolute atomic E-state index is 0.153.